The van der Waals surface area contributed by atoms with Crippen LogP contribution in [-0.4, -0.2) is 42.4 Å². The highest BCUT2D eigenvalue weighted by Gasteiger charge is 2.24. The third-order valence-electron chi connectivity index (χ3n) is 3.75. The summed E-state index contributed by atoms with van der Waals surface area (Å²) in [5, 5.41) is 6.80. The Balaban J connectivity index is 0.00000264. The van der Waals surface area contributed by atoms with E-state index in [4.69, 9.17) is 11.6 Å². The number of rotatable bonds is 4. The predicted octanol–water partition coefficient (Wildman–Crippen LogP) is 2.15. The molecular weight excluding hydrogens is 337 g/mol. The number of amides is 2. The van der Waals surface area contributed by atoms with Gasteiger partial charge in [0.25, 0.3) is 0 Å². The molecule has 0 aromatic heterocycles. The molecule has 0 aliphatic carbocycles. The lowest BCUT2D eigenvalue weighted by atomic mass is 10.0. The molecule has 1 fully saturated rings. The van der Waals surface area contributed by atoms with Crippen LogP contribution in [0.4, 0.5) is 0 Å². The smallest absolute Gasteiger partial charge is 0.225 e. The summed E-state index contributed by atoms with van der Waals surface area (Å²) in [6.45, 7) is 5.73. The van der Waals surface area contributed by atoms with E-state index in [1.165, 1.54) is 6.92 Å². The Morgan fingerprint density at radius 2 is 2.04 bits per heavy atom. The molecule has 1 aromatic rings. The summed E-state index contributed by atoms with van der Waals surface area (Å²) in [4.78, 5) is 25.8. The van der Waals surface area contributed by atoms with Gasteiger partial charge in [-0.25, -0.2) is 0 Å². The molecular formula is C16H23Cl2N3O2. The zero-order valence-electron chi connectivity index (χ0n) is 13.3. The van der Waals surface area contributed by atoms with Crippen LogP contribution < -0.4 is 10.6 Å². The quantitative estimate of drug-likeness (QED) is 0.865. The van der Waals surface area contributed by atoms with E-state index in [2.05, 4.69) is 17.6 Å². The molecule has 2 atom stereocenters. The second-order valence-corrected chi connectivity index (χ2v) is 6.14. The summed E-state index contributed by atoms with van der Waals surface area (Å²) in [5.74, 6) is -0.0940. The van der Waals surface area contributed by atoms with Crippen LogP contribution in [-0.2, 0) is 9.59 Å². The Morgan fingerprint density at radius 1 is 1.39 bits per heavy atom. The lowest BCUT2D eigenvalue weighted by molar-refractivity contribution is -0.133. The first-order chi connectivity index (χ1) is 10.5. The molecule has 0 bridgehead atoms. The number of nitrogens with zero attached hydrogens (tertiary/aromatic N) is 1. The zero-order chi connectivity index (χ0) is 16.1. The summed E-state index contributed by atoms with van der Waals surface area (Å²) in [6, 6.07) is 7.19. The molecule has 2 rings (SSSR count). The van der Waals surface area contributed by atoms with Crippen LogP contribution in [0.2, 0.25) is 5.02 Å². The topological polar surface area (TPSA) is 61.4 Å². The fourth-order valence-corrected chi connectivity index (χ4v) is 2.78. The summed E-state index contributed by atoms with van der Waals surface area (Å²) in [7, 11) is 0. The predicted molar refractivity (Wildman–Crippen MR) is 93.9 cm³/mol. The van der Waals surface area contributed by atoms with Gasteiger partial charge >= 0.3 is 0 Å². The van der Waals surface area contributed by atoms with Gasteiger partial charge in [0, 0.05) is 37.6 Å². The summed E-state index contributed by atoms with van der Waals surface area (Å²) < 4.78 is 0. The number of carbonyl (C=O) groups excluding carboxylic acids is 2. The second kappa shape index (κ2) is 9.11. The van der Waals surface area contributed by atoms with Gasteiger partial charge in [0.05, 0.1) is 12.5 Å². The molecule has 2 amide bonds. The minimum absolute atomic E-state index is 0. The molecule has 0 saturated carbocycles. The first-order valence-corrected chi connectivity index (χ1v) is 7.87. The molecule has 5 nitrogen and oxygen atoms in total. The fourth-order valence-electron chi connectivity index (χ4n) is 2.66. The molecule has 1 heterocycles. The van der Waals surface area contributed by atoms with Crippen LogP contribution in [0, 0.1) is 0 Å². The Bertz CT molecular complexity index is 537. The van der Waals surface area contributed by atoms with Gasteiger partial charge in [0.15, 0.2) is 0 Å². The van der Waals surface area contributed by atoms with Crippen LogP contribution in [0.3, 0.4) is 0 Å². The van der Waals surface area contributed by atoms with Gasteiger partial charge in [0.2, 0.25) is 11.8 Å². The number of benzene rings is 1. The van der Waals surface area contributed by atoms with E-state index in [0.29, 0.717) is 24.2 Å². The minimum Gasteiger partial charge on any atom is -0.349 e. The second-order valence-electron chi connectivity index (χ2n) is 5.70. The van der Waals surface area contributed by atoms with E-state index in [1.807, 2.05) is 17.0 Å². The van der Waals surface area contributed by atoms with E-state index >= 15 is 0 Å². The first kappa shape index (κ1) is 19.7. The molecule has 7 heteroatoms. The maximum atomic E-state index is 12.5. The van der Waals surface area contributed by atoms with Crippen molar-refractivity contribution in [3.8, 4) is 0 Å². The van der Waals surface area contributed by atoms with E-state index in [-0.39, 0.29) is 36.7 Å². The van der Waals surface area contributed by atoms with Gasteiger partial charge in [-0.1, -0.05) is 23.7 Å². The number of carbonyl (C=O) groups is 2. The average Bonchev–Trinajstić information content (AvgIpc) is 2.47. The maximum Gasteiger partial charge on any atom is 0.225 e. The largest absolute Gasteiger partial charge is 0.349 e. The molecule has 1 aliphatic heterocycles. The lowest BCUT2D eigenvalue weighted by Crippen LogP contribution is -2.51. The first-order valence-electron chi connectivity index (χ1n) is 7.49. The van der Waals surface area contributed by atoms with Gasteiger partial charge in [-0.05, 0) is 24.6 Å². The zero-order valence-corrected chi connectivity index (χ0v) is 14.9. The highest BCUT2D eigenvalue weighted by atomic mass is 35.5. The standard InChI is InChI=1S/C16H22ClN3O2.ClH/c1-11-10-20(8-7-18-11)16(22)9-15(19-12(2)21)13-3-5-14(17)6-4-13;/h3-6,11,15,18H,7-10H2,1-2H3,(H,19,21);1H. The van der Waals surface area contributed by atoms with Crippen molar-refractivity contribution in [1.29, 1.82) is 0 Å². The van der Waals surface area contributed by atoms with Crippen molar-refractivity contribution in [2.45, 2.75) is 32.4 Å². The highest BCUT2D eigenvalue weighted by Crippen LogP contribution is 2.21. The number of piperazine rings is 1. The highest BCUT2D eigenvalue weighted by molar-refractivity contribution is 6.30. The summed E-state index contributed by atoms with van der Waals surface area (Å²) in [5.41, 5.74) is 0.885. The van der Waals surface area contributed by atoms with Crippen molar-refractivity contribution < 1.29 is 9.59 Å². The van der Waals surface area contributed by atoms with Gasteiger partial charge in [-0.3, -0.25) is 9.59 Å². The molecule has 1 saturated heterocycles. The maximum absolute atomic E-state index is 12.5. The number of hydrogen-bond acceptors (Lipinski definition) is 3. The average molecular weight is 360 g/mol. The normalized spacial score (nSPS) is 18.7. The lowest BCUT2D eigenvalue weighted by Gasteiger charge is -2.33. The van der Waals surface area contributed by atoms with E-state index in [1.54, 1.807) is 12.1 Å². The van der Waals surface area contributed by atoms with Crippen molar-refractivity contribution in [2.24, 2.45) is 0 Å². The molecule has 2 N–H and O–H groups in total. The van der Waals surface area contributed by atoms with Crippen molar-refractivity contribution in [3.63, 3.8) is 0 Å². The summed E-state index contributed by atoms with van der Waals surface area (Å²) >= 11 is 5.90. The third kappa shape index (κ3) is 6.01. The Hall–Kier alpha value is -1.30. The molecule has 2 unspecified atom stereocenters. The van der Waals surface area contributed by atoms with E-state index in [9.17, 15) is 9.59 Å². The van der Waals surface area contributed by atoms with Crippen LogP contribution >= 0.6 is 24.0 Å². The minimum atomic E-state index is -0.326. The van der Waals surface area contributed by atoms with Crippen molar-refractivity contribution >= 4 is 35.8 Å². The van der Waals surface area contributed by atoms with Crippen molar-refractivity contribution in [1.82, 2.24) is 15.5 Å². The number of halogens is 2. The Kier molecular flexibility index (Phi) is 7.82. The van der Waals surface area contributed by atoms with Crippen LogP contribution in [0.1, 0.15) is 31.9 Å². The molecule has 1 aliphatic rings. The van der Waals surface area contributed by atoms with E-state index in [0.717, 1.165) is 12.1 Å². The van der Waals surface area contributed by atoms with Gasteiger partial charge in [-0.15, -0.1) is 12.4 Å². The SMILES string of the molecule is CC(=O)NC(CC(=O)N1CCNC(C)C1)c1ccc(Cl)cc1.Cl. The number of hydrogen-bond donors (Lipinski definition) is 2. The number of nitrogens with one attached hydrogen (secondary N) is 2. The van der Waals surface area contributed by atoms with Gasteiger partial charge < -0.3 is 15.5 Å². The van der Waals surface area contributed by atoms with Crippen LogP contribution in [0.25, 0.3) is 0 Å². The summed E-state index contributed by atoms with van der Waals surface area (Å²) in [6.07, 6.45) is 0.258. The Morgan fingerprint density at radius 3 is 2.61 bits per heavy atom. The molecule has 23 heavy (non-hydrogen) atoms. The van der Waals surface area contributed by atoms with Crippen molar-refractivity contribution in [3.05, 3.63) is 34.9 Å². The van der Waals surface area contributed by atoms with Gasteiger partial charge in [0.1, 0.15) is 0 Å². The third-order valence-corrected chi connectivity index (χ3v) is 4.00. The molecule has 0 spiro atoms. The van der Waals surface area contributed by atoms with Crippen molar-refractivity contribution in [2.75, 3.05) is 19.6 Å². The monoisotopic (exact) mass is 359 g/mol. The molecule has 0 radical (unpaired) electrons. The molecule has 128 valence electrons. The van der Waals surface area contributed by atoms with Crippen LogP contribution in [0.15, 0.2) is 24.3 Å². The van der Waals surface area contributed by atoms with Crippen LogP contribution in [0.5, 0.6) is 0 Å². The fraction of sp³-hybridized carbons (Fsp3) is 0.500. The Labute approximate surface area is 148 Å². The molecule has 1 aromatic carbocycles. The van der Waals surface area contributed by atoms with Gasteiger partial charge in [-0.2, -0.15) is 0 Å². The van der Waals surface area contributed by atoms with E-state index < -0.39 is 0 Å².